The Morgan fingerprint density at radius 3 is 2.50 bits per heavy atom. The number of carbonyl (C=O) groups excluding carboxylic acids is 1. The van der Waals surface area contributed by atoms with Crippen molar-refractivity contribution in [2.24, 2.45) is 0 Å². The van der Waals surface area contributed by atoms with Gasteiger partial charge in [-0.25, -0.2) is 9.97 Å². The van der Waals surface area contributed by atoms with Crippen LogP contribution >= 0.6 is 34.5 Å². The number of nitrogens with zero attached hydrogens (tertiary/aromatic N) is 2. The number of pyridine rings is 1. The highest BCUT2D eigenvalue weighted by atomic mass is 35.5. The molecular weight excluding hydrogens is 389 g/mol. The number of hydrogen-bond acceptors (Lipinski definition) is 4. The largest absolute Gasteiger partial charge is 0.352 e. The number of aryl methyl sites for hydroxylation is 2. The molecule has 0 fully saturated rings. The summed E-state index contributed by atoms with van der Waals surface area (Å²) in [7, 11) is 0. The molecule has 2 aromatic heterocycles. The summed E-state index contributed by atoms with van der Waals surface area (Å²) in [4.78, 5) is 20.8. The number of benzene rings is 1. The summed E-state index contributed by atoms with van der Waals surface area (Å²) in [6, 6.07) is 9.69. The number of amides is 1. The van der Waals surface area contributed by atoms with Gasteiger partial charge in [0.1, 0.15) is 5.15 Å². The Kier molecular flexibility index (Phi) is 5.91. The molecule has 3 aromatic rings. The molecule has 0 bridgehead atoms. The quantitative estimate of drug-likeness (QED) is 0.608. The molecule has 0 radical (unpaired) electrons. The minimum absolute atomic E-state index is 0.0983. The van der Waals surface area contributed by atoms with E-state index in [4.69, 9.17) is 23.2 Å². The van der Waals surface area contributed by atoms with Crippen LogP contribution in [0.25, 0.3) is 11.3 Å². The smallest absolute Gasteiger partial charge is 0.224 e. The zero-order chi connectivity index (χ0) is 18.7. The monoisotopic (exact) mass is 405 g/mol. The van der Waals surface area contributed by atoms with Crippen LogP contribution in [0.2, 0.25) is 10.2 Å². The van der Waals surface area contributed by atoms with E-state index in [2.05, 4.69) is 15.3 Å². The second-order valence-corrected chi connectivity index (χ2v) is 7.74. The molecule has 0 aliphatic heterocycles. The van der Waals surface area contributed by atoms with Gasteiger partial charge in [0.15, 0.2) is 0 Å². The minimum atomic E-state index is -0.154. The fourth-order valence-corrected chi connectivity index (χ4v) is 3.78. The van der Waals surface area contributed by atoms with Gasteiger partial charge < -0.3 is 5.32 Å². The summed E-state index contributed by atoms with van der Waals surface area (Å²) in [5.41, 5.74) is 4.31. The van der Waals surface area contributed by atoms with E-state index in [0.29, 0.717) is 17.1 Å². The fraction of sp³-hybridized carbons (Fsp3) is 0.211. The maximum absolute atomic E-state index is 12.2. The Hall–Kier alpha value is -1.95. The molecule has 0 atom stereocenters. The predicted octanol–water partition coefficient (Wildman–Crippen LogP) is 4.99. The zero-order valence-electron chi connectivity index (χ0n) is 14.3. The normalized spacial score (nSPS) is 10.8. The number of nitrogens with one attached hydrogen (secondary N) is 1. The van der Waals surface area contributed by atoms with Gasteiger partial charge in [0, 0.05) is 33.8 Å². The van der Waals surface area contributed by atoms with E-state index in [1.54, 1.807) is 24.3 Å². The first-order valence-corrected chi connectivity index (χ1v) is 9.65. The first kappa shape index (κ1) is 18.8. The summed E-state index contributed by atoms with van der Waals surface area (Å²) in [6.07, 6.45) is 0.0983. The molecular formula is C19H17Cl2N3OS. The Bertz CT molecular complexity index is 915. The van der Waals surface area contributed by atoms with Crippen LogP contribution in [0.5, 0.6) is 0 Å². The van der Waals surface area contributed by atoms with Gasteiger partial charge >= 0.3 is 0 Å². The van der Waals surface area contributed by atoms with Crippen molar-refractivity contribution in [2.45, 2.75) is 26.8 Å². The average Bonchev–Trinajstić information content (AvgIpc) is 3.03. The zero-order valence-corrected chi connectivity index (χ0v) is 16.7. The van der Waals surface area contributed by atoms with Crippen LogP contribution in [0.3, 0.4) is 0 Å². The van der Waals surface area contributed by atoms with E-state index in [1.807, 2.05) is 36.6 Å². The molecule has 0 spiro atoms. The maximum Gasteiger partial charge on any atom is 0.224 e. The minimum Gasteiger partial charge on any atom is -0.352 e. The third-order valence-corrected chi connectivity index (χ3v) is 5.27. The number of thiazole rings is 1. The van der Waals surface area contributed by atoms with Crippen LogP contribution in [0.15, 0.2) is 35.7 Å². The number of rotatable bonds is 5. The molecule has 1 N–H and O–H groups in total. The summed E-state index contributed by atoms with van der Waals surface area (Å²) < 4.78 is 0. The predicted molar refractivity (Wildman–Crippen MR) is 107 cm³/mol. The third kappa shape index (κ3) is 4.61. The van der Waals surface area contributed by atoms with Crippen molar-refractivity contribution >= 4 is 40.4 Å². The van der Waals surface area contributed by atoms with Crippen LogP contribution in [-0.4, -0.2) is 15.9 Å². The lowest BCUT2D eigenvalue weighted by Gasteiger charge is -2.09. The molecule has 1 aromatic carbocycles. The molecule has 0 aliphatic carbocycles. The van der Waals surface area contributed by atoms with E-state index in [0.717, 1.165) is 27.5 Å². The van der Waals surface area contributed by atoms with Gasteiger partial charge in [0.05, 0.1) is 17.1 Å². The Labute approximate surface area is 166 Å². The topological polar surface area (TPSA) is 54.9 Å². The van der Waals surface area contributed by atoms with Gasteiger partial charge in [-0.05, 0) is 25.5 Å². The van der Waals surface area contributed by atoms with Gasteiger partial charge in [0.2, 0.25) is 5.91 Å². The van der Waals surface area contributed by atoms with Gasteiger partial charge in [-0.1, -0.05) is 47.5 Å². The number of carbonyl (C=O) groups is 1. The van der Waals surface area contributed by atoms with Gasteiger partial charge in [-0.15, -0.1) is 11.3 Å². The number of aromatic nitrogens is 2. The van der Waals surface area contributed by atoms with Gasteiger partial charge in [0.25, 0.3) is 0 Å². The molecule has 1 amide bonds. The lowest BCUT2D eigenvalue weighted by Crippen LogP contribution is -2.25. The second kappa shape index (κ2) is 8.16. The van der Waals surface area contributed by atoms with Crippen molar-refractivity contribution in [1.29, 1.82) is 0 Å². The SMILES string of the molecule is Cc1cc(Cl)c(CC(=O)NCc2ccc(-c3csc(C)n3)cc2)c(Cl)n1. The van der Waals surface area contributed by atoms with Crippen LogP contribution in [0.1, 0.15) is 21.8 Å². The average molecular weight is 406 g/mol. The highest BCUT2D eigenvalue weighted by Crippen LogP contribution is 2.24. The van der Waals surface area contributed by atoms with Crippen molar-refractivity contribution in [3.05, 3.63) is 67.7 Å². The highest BCUT2D eigenvalue weighted by molar-refractivity contribution is 7.09. The van der Waals surface area contributed by atoms with Crippen LogP contribution in [0.4, 0.5) is 0 Å². The molecule has 3 rings (SSSR count). The summed E-state index contributed by atoms with van der Waals surface area (Å²) in [6.45, 7) is 4.22. The van der Waals surface area contributed by atoms with E-state index in [9.17, 15) is 4.79 Å². The van der Waals surface area contributed by atoms with Crippen molar-refractivity contribution < 1.29 is 4.79 Å². The summed E-state index contributed by atoms with van der Waals surface area (Å²) >= 11 is 13.9. The van der Waals surface area contributed by atoms with Crippen molar-refractivity contribution in [1.82, 2.24) is 15.3 Å². The molecule has 7 heteroatoms. The molecule has 0 aliphatic rings. The Morgan fingerprint density at radius 1 is 1.15 bits per heavy atom. The molecule has 0 saturated carbocycles. The second-order valence-electron chi connectivity index (χ2n) is 5.92. The first-order chi connectivity index (χ1) is 12.4. The third-order valence-electron chi connectivity index (χ3n) is 3.84. The molecule has 2 heterocycles. The molecule has 4 nitrogen and oxygen atoms in total. The lowest BCUT2D eigenvalue weighted by atomic mass is 10.1. The van der Waals surface area contributed by atoms with E-state index in [-0.39, 0.29) is 17.5 Å². The highest BCUT2D eigenvalue weighted by Gasteiger charge is 2.13. The number of hydrogen-bond donors (Lipinski definition) is 1. The Balaban J connectivity index is 1.60. The standard InChI is InChI=1S/C19H17Cl2N3OS/c1-11-7-16(20)15(19(21)23-11)8-18(25)22-9-13-3-5-14(6-4-13)17-10-26-12(2)24-17/h3-7,10H,8-9H2,1-2H3,(H,22,25). The molecule has 134 valence electrons. The summed E-state index contributed by atoms with van der Waals surface area (Å²) in [5, 5.41) is 6.69. The van der Waals surface area contributed by atoms with E-state index >= 15 is 0 Å². The Morgan fingerprint density at radius 2 is 1.88 bits per heavy atom. The van der Waals surface area contributed by atoms with Gasteiger partial charge in [-0.3, -0.25) is 4.79 Å². The van der Waals surface area contributed by atoms with E-state index < -0.39 is 0 Å². The van der Waals surface area contributed by atoms with Crippen molar-refractivity contribution in [3.8, 4) is 11.3 Å². The van der Waals surface area contributed by atoms with Crippen molar-refractivity contribution in [2.75, 3.05) is 0 Å². The lowest BCUT2D eigenvalue weighted by molar-refractivity contribution is -0.120. The van der Waals surface area contributed by atoms with E-state index in [1.165, 1.54) is 0 Å². The number of halogens is 2. The first-order valence-electron chi connectivity index (χ1n) is 8.02. The van der Waals surface area contributed by atoms with Crippen LogP contribution < -0.4 is 5.32 Å². The molecule has 26 heavy (non-hydrogen) atoms. The summed E-state index contributed by atoms with van der Waals surface area (Å²) in [5.74, 6) is -0.154. The van der Waals surface area contributed by atoms with Crippen LogP contribution in [0, 0.1) is 13.8 Å². The van der Waals surface area contributed by atoms with Crippen molar-refractivity contribution in [3.63, 3.8) is 0 Å². The fourth-order valence-electron chi connectivity index (χ4n) is 2.49. The van der Waals surface area contributed by atoms with Gasteiger partial charge in [-0.2, -0.15) is 0 Å². The molecule has 0 unspecified atom stereocenters. The molecule has 0 saturated heterocycles. The maximum atomic E-state index is 12.2. The van der Waals surface area contributed by atoms with Crippen LogP contribution in [-0.2, 0) is 17.8 Å².